The third kappa shape index (κ3) is 4.42. The minimum atomic E-state index is -0.135. The van der Waals surface area contributed by atoms with Crippen molar-refractivity contribution in [2.45, 2.75) is 116 Å². The van der Waals surface area contributed by atoms with E-state index in [4.69, 9.17) is 4.74 Å². The zero-order valence-electron chi connectivity index (χ0n) is 23.1. The average molecular weight is 503 g/mol. The molecule has 1 amide bonds. The van der Waals surface area contributed by atoms with E-state index in [9.17, 15) is 14.7 Å². The first kappa shape index (κ1) is 26.5. The van der Waals surface area contributed by atoms with Gasteiger partial charge in [-0.3, -0.25) is 9.59 Å². The molecule has 1 aliphatic heterocycles. The summed E-state index contributed by atoms with van der Waals surface area (Å²) in [7, 11) is 1.48. The molecule has 1 saturated heterocycles. The van der Waals surface area contributed by atoms with Crippen LogP contribution in [0.25, 0.3) is 0 Å². The normalized spacial score (nSPS) is 46.8. The molecule has 6 heteroatoms. The molecule has 0 spiro atoms. The lowest BCUT2D eigenvalue weighted by Crippen LogP contribution is -2.63. The van der Waals surface area contributed by atoms with E-state index >= 15 is 0 Å². The van der Waals surface area contributed by atoms with E-state index in [1.807, 2.05) is 0 Å². The van der Waals surface area contributed by atoms with Crippen LogP contribution in [0.2, 0.25) is 0 Å². The largest absolute Gasteiger partial charge is 0.469 e. The molecule has 0 radical (unpaired) electrons. The highest BCUT2D eigenvalue weighted by molar-refractivity contribution is 5.82. The lowest BCUT2D eigenvalue weighted by Gasteiger charge is -2.63. The number of nitrogens with one attached hydrogen (secondary N) is 2. The van der Waals surface area contributed by atoms with Gasteiger partial charge >= 0.3 is 5.97 Å². The molecule has 3 N–H and O–H groups in total. The number of esters is 1. The minimum Gasteiger partial charge on any atom is -0.469 e. The Morgan fingerprint density at radius 1 is 1.08 bits per heavy atom. The van der Waals surface area contributed by atoms with Gasteiger partial charge in [0.1, 0.15) is 0 Å². The lowest BCUT2D eigenvalue weighted by molar-refractivity contribution is -0.148. The zero-order chi connectivity index (χ0) is 25.7. The van der Waals surface area contributed by atoms with Crippen molar-refractivity contribution in [1.29, 1.82) is 0 Å². The van der Waals surface area contributed by atoms with Gasteiger partial charge in [0.15, 0.2) is 0 Å². The molecule has 5 aliphatic rings. The predicted molar refractivity (Wildman–Crippen MR) is 140 cm³/mol. The Balaban J connectivity index is 1.43. The summed E-state index contributed by atoms with van der Waals surface area (Å²) in [5.74, 6) is 3.57. The van der Waals surface area contributed by atoms with E-state index in [1.165, 1.54) is 32.8 Å². The fourth-order valence-electron chi connectivity index (χ4n) is 10.2. The second kappa shape index (κ2) is 10.2. The van der Waals surface area contributed by atoms with E-state index < -0.39 is 0 Å². The van der Waals surface area contributed by atoms with E-state index in [-0.39, 0.29) is 40.9 Å². The van der Waals surface area contributed by atoms with Crippen LogP contribution in [0.1, 0.15) is 97.8 Å². The van der Waals surface area contributed by atoms with Gasteiger partial charge in [-0.05, 0) is 124 Å². The van der Waals surface area contributed by atoms with Crippen LogP contribution in [0, 0.1) is 46.3 Å². The fraction of sp³-hybridized carbons (Fsp3) is 0.933. The second-order valence-electron chi connectivity index (χ2n) is 13.7. The summed E-state index contributed by atoms with van der Waals surface area (Å²) in [4.78, 5) is 25.4. The Bertz CT molecular complexity index is 828. The van der Waals surface area contributed by atoms with Crippen molar-refractivity contribution in [3.8, 4) is 0 Å². The van der Waals surface area contributed by atoms with Crippen molar-refractivity contribution in [3.63, 3.8) is 0 Å². The van der Waals surface area contributed by atoms with E-state index in [0.29, 0.717) is 41.9 Å². The van der Waals surface area contributed by atoms with E-state index in [2.05, 4.69) is 31.4 Å². The topological polar surface area (TPSA) is 87.7 Å². The number of rotatable bonds is 6. The Hall–Kier alpha value is -1.14. The maximum atomic E-state index is 13.5. The molecule has 5 fully saturated rings. The van der Waals surface area contributed by atoms with E-state index in [0.717, 1.165) is 51.5 Å². The molecular weight excluding hydrogens is 452 g/mol. The molecule has 0 unspecified atom stereocenters. The van der Waals surface area contributed by atoms with Gasteiger partial charge in [-0.2, -0.15) is 0 Å². The number of aliphatic hydroxyl groups excluding tert-OH is 1. The zero-order valence-corrected chi connectivity index (χ0v) is 23.1. The Labute approximate surface area is 218 Å². The Morgan fingerprint density at radius 3 is 2.61 bits per heavy atom. The van der Waals surface area contributed by atoms with Gasteiger partial charge in [-0.15, -0.1) is 0 Å². The van der Waals surface area contributed by atoms with Gasteiger partial charge in [-0.25, -0.2) is 0 Å². The Kier molecular flexibility index (Phi) is 7.50. The first-order valence-corrected chi connectivity index (χ1v) is 15.0. The number of carbonyl (C=O) groups excluding carboxylic acids is 2. The molecule has 204 valence electrons. The molecule has 1 heterocycles. The van der Waals surface area contributed by atoms with Gasteiger partial charge in [-0.1, -0.05) is 20.8 Å². The predicted octanol–water partition coefficient (Wildman–Crippen LogP) is 4.44. The van der Waals surface area contributed by atoms with Gasteiger partial charge in [0.2, 0.25) is 5.91 Å². The molecule has 0 aromatic heterocycles. The summed E-state index contributed by atoms with van der Waals surface area (Å²) in [6.07, 6.45) is 12.2. The lowest BCUT2D eigenvalue weighted by atomic mass is 9.43. The minimum absolute atomic E-state index is 0.0547. The molecule has 6 nitrogen and oxygen atoms in total. The SMILES string of the molecule is COC(=O)CC[C@@H](C)[C@H]1CC[C@H]2[C@@H]3CC[C@@H]4C[C@H](O)CC[C@]4(C)[C@H]3C[C@H](NC(=O)[C@H]3CCCN3)[C@]12C. The maximum absolute atomic E-state index is 13.5. The number of hydrogen-bond donors (Lipinski definition) is 3. The first-order valence-electron chi connectivity index (χ1n) is 15.0. The summed E-state index contributed by atoms with van der Waals surface area (Å²) in [5.41, 5.74) is 0.328. The second-order valence-corrected chi connectivity index (χ2v) is 13.7. The Morgan fingerprint density at radius 2 is 1.89 bits per heavy atom. The van der Waals surface area contributed by atoms with Crippen LogP contribution in [-0.2, 0) is 14.3 Å². The molecule has 0 aromatic rings. The summed E-state index contributed by atoms with van der Waals surface area (Å²) in [5, 5.41) is 17.5. The standard InChI is InChI=1S/C30H50N2O4/c1-18(7-12-27(34)36-4)22-10-11-23-21-9-8-19-16-20(33)13-14-29(19,2)24(21)17-26(30(22,23)3)32-28(35)25-6-5-15-31-25/h18-26,31,33H,5-17H2,1-4H3,(H,32,35)/t18-,19-,20-,21+,22-,23+,24+,25-,26+,29+,30-/m1/s1. The average Bonchev–Trinajstić information content (AvgIpc) is 3.52. The van der Waals surface area contributed by atoms with Crippen molar-refractivity contribution in [2.75, 3.05) is 13.7 Å². The molecule has 0 bridgehead atoms. The van der Waals surface area contributed by atoms with Gasteiger partial charge in [0, 0.05) is 12.5 Å². The van der Waals surface area contributed by atoms with Crippen molar-refractivity contribution in [1.82, 2.24) is 10.6 Å². The summed E-state index contributed by atoms with van der Waals surface area (Å²) >= 11 is 0. The van der Waals surface area contributed by atoms with Crippen LogP contribution < -0.4 is 10.6 Å². The monoisotopic (exact) mass is 502 g/mol. The quantitative estimate of drug-likeness (QED) is 0.468. The molecule has 4 saturated carbocycles. The summed E-state index contributed by atoms with van der Waals surface area (Å²) in [6.45, 7) is 8.27. The van der Waals surface area contributed by atoms with Gasteiger partial charge in [0.25, 0.3) is 0 Å². The molecule has 5 rings (SSSR count). The number of methoxy groups -OCH3 is 1. The van der Waals surface area contributed by atoms with Crippen molar-refractivity contribution in [2.24, 2.45) is 46.3 Å². The highest BCUT2D eigenvalue weighted by Crippen LogP contribution is 2.68. The van der Waals surface area contributed by atoms with Crippen LogP contribution in [-0.4, -0.2) is 48.8 Å². The van der Waals surface area contributed by atoms with Crippen LogP contribution in [0.3, 0.4) is 0 Å². The number of ether oxygens (including phenoxy) is 1. The first-order chi connectivity index (χ1) is 17.2. The number of amides is 1. The number of hydrogen-bond acceptors (Lipinski definition) is 5. The smallest absolute Gasteiger partial charge is 0.305 e. The van der Waals surface area contributed by atoms with Crippen molar-refractivity contribution >= 4 is 11.9 Å². The molecule has 0 aromatic carbocycles. The van der Waals surface area contributed by atoms with Crippen molar-refractivity contribution < 1.29 is 19.4 Å². The third-order valence-electron chi connectivity index (χ3n) is 12.3. The van der Waals surface area contributed by atoms with E-state index in [1.54, 1.807) is 0 Å². The number of aliphatic hydroxyl groups is 1. The van der Waals surface area contributed by atoms with Crippen LogP contribution in [0.15, 0.2) is 0 Å². The van der Waals surface area contributed by atoms with Crippen LogP contribution >= 0.6 is 0 Å². The highest BCUT2D eigenvalue weighted by Gasteiger charge is 2.64. The highest BCUT2D eigenvalue weighted by atomic mass is 16.5. The summed E-state index contributed by atoms with van der Waals surface area (Å²) < 4.78 is 4.94. The van der Waals surface area contributed by atoms with Gasteiger partial charge in [0.05, 0.1) is 19.3 Å². The third-order valence-corrected chi connectivity index (χ3v) is 12.3. The fourth-order valence-corrected chi connectivity index (χ4v) is 10.2. The van der Waals surface area contributed by atoms with Crippen LogP contribution in [0.4, 0.5) is 0 Å². The summed E-state index contributed by atoms with van der Waals surface area (Å²) in [6, 6.07) is 0.120. The molecule has 4 aliphatic carbocycles. The van der Waals surface area contributed by atoms with Crippen LogP contribution in [0.5, 0.6) is 0 Å². The molecule has 11 atom stereocenters. The van der Waals surface area contributed by atoms with Gasteiger partial charge < -0.3 is 20.5 Å². The number of fused-ring (bicyclic) bond motifs is 5. The maximum Gasteiger partial charge on any atom is 0.305 e. The molecule has 36 heavy (non-hydrogen) atoms. The number of carbonyl (C=O) groups is 2. The molecular formula is C30H50N2O4. The van der Waals surface area contributed by atoms with Crippen molar-refractivity contribution in [3.05, 3.63) is 0 Å².